The predicted octanol–water partition coefficient (Wildman–Crippen LogP) is 4.75. The average molecular weight is 570 g/mol. The topological polar surface area (TPSA) is 96.0 Å². The van der Waals surface area contributed by atoms with Crippen LogP contribution >= 0.6 is 0 Å². The summed E-state index contributed by atoms with van der Waals surface area (Å²) < 4.78 is 47.5. The van der Waals surface area contributed by atoms with Gasteiger partial charge in [0.15, 0.2) is 0 Å². The lowest BCUT2D eigenvalue weighted by atomic mass is 10.1. The van der Waals surface area contributed by atoms with Gasteiger partial charge in [0.05, 0.1) is 17.7 Å². The molecule has 0 fully saturated rings. The van der Waals surface area contributed by atoms with Gasteiger partial charge >= 0.3 is 0 Å². The van der Waals surface area contributed by atoms with Crippen LogP contribution in [0.15, 0.2) is 83.8 Å². The van der Waals surface area contributed by atoms with Crippen LogP contribution in [0.25, 0.3) is 0 Å². The van der Waals surface area contributed by atoms with Crippen LogP contribution in [0.2, 0.25) is 0 Å². The maximum absolute atomic E-state index is 14.0. The first-order valence-corrected chi connectivity index (χ1v) is 14.6. The molecular weight excluding hydrogens is 533 g/mol. The molecule has 0 bridgehead atoms. The van der Waals surface area contributed by atoms with Gasteiger partial charge in [-0.25, -0.2) is 12.8 Å². The van der Waals surface area contributed by atoms with E-state index in [4.69, 9.17) is 4.74 Å². The lowest BCUT2D eigenvalue weighted by Gasteiger charge is -2.33. The second kappa shape index (κ2) is 13.9. The van der Waals surface area contributed by atoms with Crippen molar-refractivity contribution in [3.05, 3.63) is 90.2 Å². The summed E-state index contributed by atoms with van der Waals surface area (Å²) >= 11 is 0. The maximum atomic E-state index is 14.0. The molecule has 0 aliphatic carbocycles. The number of methoxy groups -OCH3 is 1. The number of hydrogen-bond acceptors (Lipinski definition) is 5. The van der Waals surface area contributed by atoms with Crippen LogP contribution in [-0.2, 0) is 26.2 Å². The van der Waals surface area contributed by atoms with Crippen LogP contribution in [-0.4, -0.2) is 50.9 Å². The number of amides is 2. The first kappa shape index (κ1) is 30.6. The molecule has 0 radical (unpaired) electrons. The summed E-state index contributed by atoms with van der Waals surface area (Å²) in [6.07, 6.45) is 1.00. The third kappa shape index (κ3) is 7.59. The van der Waals surface area contributed by atoms with Gasteiger partial charge in [-0.2, -0.15) is 0 Å². The Morgan fingerprint density at radius 3 is 2.10 bits per heavy atom. The van der Waals surface area contributed by atoms with E-state index < -0.39 is 34.3 Å². The van der Waals surface area contributed by atoms with Crippen LogP contribution in [0.5, 0.6) is 5.75 Å². The SMILES string of the molecule is CCC(C)NC(=O)C(CC)N(Cc1ccc(F)cc1)C(=O)CN(c1ccccc1)S(=O)(=O)c1ccc(OC)cc1. The number of sulfonamides is 1. The van der Waals surface area contributed by atoms with Crippen molar-refractivity contribution in [2.45, 2.75) is 57.1 Å². The third-order valence-electron chi connectivity index (χ3n) is 6.62. The number of carbonyl (C=O) groups excluding carboxylic acids is 2. The zero-order chi connectivity index (χ0) is 29.3. The highest BCUT2D eigenvalue weighted by Gasteiger charge is 2.34. The molecule has 40 heavy (non-hydrogen) atoms. The van der Waals surface area contributed by atoms with Gasteiger partial charge in [0.25, 0.3) is 10.0 Å². The number of rotatable bonds is 13. The molecule has 3 rings (SSSR count). The molecular formula is C30H36FN3O5S. The van der Waals surface area contributed by atoms with Crippen LogP contribution in [0.1, 0.15) is 39.2 Å². The van der Waals surface area contributed by atoms with E-state index in [1.807, 2.05) is 13.8 Å². The normalized spacial score (nSPS) is 12.7. The van der Waals surface area contributed by atoms with E-state index in [1.165, 1.54) is 60.5 Å². The van der Waals surface area contributed by atoms with Gasteiger partial charge in [0, 0.05) is 12.6 Å². The van der Waals surface area contributed by atoms with Crippen molar-refractivity contribution in [1.29, 1.82) is 0 Å². The highest BCUT2D eigenvalue weighted by Crippen LogP contribution is 2.26. The summed E-state index contributed by atoms with van der Waals surface area (Å²) in [5.74, 6) is -0.845. The number of nitrogens with zero attached hydrogens (tertiary/aromatic N) is 2. The lowest BCUT2D eigenvalue weighted by molar-refractivity contribution is -0.140. The maximum Gasteiger partial charge on any atom is 0.264 e. The largest absolute Gasteiger partial charge is 0.497 e. The molecule has 2 amide bonds. The molecule has 1 N–H and O–H groups in total. The van der Waals surface area contributed by atoms with Crippen molar-refractivity contribution in [2.24, 2.45) is 0 Å². The minimum atomic E-state index is -4.18. The third-order valence-corrected chi connectivity index (χ3v) is 8.41. The van der Waals surface area contributed by atoms with E-state index in [0.29, 0.717) is 29.8 Å². The van der Waals surface area contributed by atoms with Gasteiger partial charge in [-0.15, -0.1) is 0 Å². The smallest absolute Gasteiger partial charge is 0.264 e. The quantitative estimate of drug-likeness (QED) is 0.321. The molecule has 2 atom stereocenters. The summed E-state index contributed by atoms with van der Waals surface area (Å²) in [5.41, 5.74) is 0.902. The highest BCUT2D eigenvalue weighted by molar-refractivity contribution is 7.92. The number of carbonyl (C=O) groups is 2. The second-order valence-corrected chi connectivity index (χ2v) is 11.3. The summed E-state index contributed by atoms with van der Waals surface area (Å²) in [6.45, 7) is 5.04. The number of benzene rings is 3. The molecule has 0 saturated carbocycles. The number of anilines is 1. The number of para-hydroxylation sites is 1. The molecule has 2 unspecified atom stereocenters. The highest BCUT2D eigenvalue weighted by atomic mass is 32.2. The van der Waals surface area contributed by atoms with Gasteiger partial charge in [0.2, 0.25) is 11.8 Å². The second-order valence-electron chi connectivity index (χ2n) is 9.41. The Labute approximate surface area is 235 Å². The van der Waals surface area contributed by atoms with Gasteiger partial charge < -0.3 is 15.0 Å². The fourth-order valence-electron chi connectivity index (χ4n) is 4.15. The number of hydrogen-bond donors (Lipinski definition) is 1. The molecule has 0 aliphatic rings. The first-order chi connectivity index (χ1) is 19.1. The number of ether oxygens (including phenoxy) is 1. The molecule has 3 aromatic carbocycles. The van der Waals surface area contributed by atoms with E-state index in [1.54, 1.807) is 37.3 Å². The van der Waals surface area contributed by atoms with Crippen LogP contribution in [0.4, 0.5) is 10.1 Å². The first-order valence-electron chi connectivity index (χ1n) is 13.2. The summed E-state index contributed by atoms with van der Waals surface area (Å²) in [5, 5.41) is 2.93. The van der Waals surface area contributed by atoms with Crippen molar-refractivity contribution >= 4 is 27.5 Å². The van der Waals surface area contributed by atoms with E-state index in [0.717, 1.165) is 4.31 Å². The van der Waals surface area contributed by atoms with E-state index in [9.17, 15) is 22.4 Å². The molecule has 3 aromatic rings. The standard InChI is InChI=1S/C30H36FN3O5S/c1-5-22(3)32-30(36)28(6-2)33(20-23-12-14-24(31)15-13-23)29(35)21-34(25-10-8-7-9-11-25)40(37,38)27-18-16-26(39-4)17-19-27/h7-19,22,28H,5-6,20-21H2,1-4H3,(H,32,36). The number of nitrogens with one attached hydrogen (secondary N) is 1. The van der Waals surface area contributed by atoms with Crippen molar-refractivity contribution in [3.63, 3.8) is 0 Å². The van der Waals surface area contributed by atoms with Gasteiger partial charge in [0.1, 0.15) is 24.2 Å². The average Bonchev–Trinajstić information content (AvgIpc) is 2.96. The van der Waals surface area contributed by atoms with E-state index in [-0.39, 0.29) is 23.4 Å². The molecule has 214 valence electrons. The molecule has 0 saturated heterocycles. The fraction of sp³-hybridized carbons (Fsp3) is 0.333. The Bertz CT molecular complexity index is 1370. The Hall–Kier alpha value is -3.92. The minimum absolute atomic E-state index is 0.00322. The van der Waals surface area contributed by atoms with Gasteiger partial charge in [-0.1, -0.05) is 44.2 Å². The molecule has 0 heterocycles. The van der Waals surface area contributed by atoms with Crippen LogP contribution in [0, 0.1) is 5.82 Å². The van der Waals surface area contributed by atoms with Gasteiger partial charge in [-0.05, 0) is 73.9 Å². The summed E-state index contributed by atoms with van der Waals surface area (Å²) in [6, 6.07) is 18.9. The monoisotopic (exact) mass is 569 g/mol. The zero-order valence-electron chi connectivity index (χ0n) is 23.2. The van der Waals surface area contributed by atoms with E-state index >= 15 is 0 Å². The predicted molar refractivity (Wildman–Crippen MR) is 153 cm³/mol. The lowest BCUT2D eigenvalue weighted by Crippen LogP contribution is -2.53. The summed E-state index contributed by atoms with van der Waals surface area (Å²) in [4.78, 5) is 28.6. The minimum Gasteiger partial charge on any atom is -0.497 e. The molecule has 0 aliphatic heterocycles. The summed E-state index contributed by atoms with van der Waals surface area (Å²) in [7, 11) is -2.70. The van der Waals surface area contributed by atoms with Crippen molar-refractivity contribution < 1.29 is 27.1 Å². The molecule has 8 nitrogen and oxygen atoms in total. The van der Waals surface area contributed by atoms with E-state index in [2.05, 4.69) is 5.32 Å². The van der Waals surface area contributed by atoms with Crippen molar-refractivity contribution in [3.8, 4) is 5.75 Å². The molecule has 10 heteroatoms. The molecule has 0 aromatic heterocycles. The Morgan fingerprint density at radius 2 is 1.55 bits per heavy atom. The van der Waals surface area contributed by atoms with Gasteiger partial charge in [-0.3, -0.25) is 13.9 Å². The number of halogens is 1. The Balaban J connectivity index is 2.02. The molecule has 0 spiro atoms. The van der Waals surface area contributed by atoms with Crippen molar-refractivity contribution in [2.75, 3.05) is 18.0 Å². The van der Waals surface area contributed by atoms with Crippen LogP contribution in [0.3, 0.4) is 0 Å². The Morgan fingerprint density at radius 1 is 0.925 bits per heavy atom. The fourth-order valence-corrected chi connectivity index (χ4v) is 5.56. The zero-order valence-corrected chi connectivity index (χ0v) is 24.0. The Kier molecular flexibility index (Phi) is 10.7. The van der Waals surface area contributed by atoms with Crippen LogP contribution < -0.4 is 14.4 Å². The van der Waals surface area contributed by atoms with Crippen molar-refractivity contribution in [1.82, 2.24) is 10.2 Å².